The maximum absolute atomic E-state index is 12.0. The van der Waals surface area contributed by atoms with Crippen molar-refractivity contribution in [2.24, 2.45) is 11.8 Å². The maximum Gasteiger partial charge on any atom is 0.223 e. The third-order valence-electron chi connectivity index (χ3n) is 4.27. The zero-order valence-electron chi connectivity index (χ0n) is 10.5. The topological polar surface area (TPSA) is 40.5 Å². The van der Waals surface area contributed by atoms with Gasteiger partial charge in [-0.3, -0.25) is 4.79 Å². The van der Waals surface area contributed by atoms with Crippen molar-refractivity contribution in [2.75, 3.05) is 0 Å². The second-order valence-corrected chi connectivity index (χ2v) is 5.82. The Hall–Kier alpha value is -0.570. The summed E-state index contributed by atoms with van der Waals surface area (Å²) < 4.78 is 0. The number of aliphatic hydroxyl groups is 1. The van der Waals surface area contributed by atoms with E-state index in [-0.39, 0.29) is 18.2 Å². The van der Waals surface area contributed by atoms with Gasteiger partial charge in [0.25, 0.3) is 0 Å². The first kappa shape index (κ1) is 11.9. The zero-order valence-corrected chi connectivity index (χ0v) is 10.5. The molecule has 2 fully saturated rings. The molecule has 2 aliphatic rings. The molecule has 0 bridgehead atoms. The number of carbonyl (C=O) groups is 1. The van der Waals surface area contributed by atoms with Crippen LogP contribution in [0.5, 0.6) is 0 Å². The first-order valence-electron chi connectivity index (χ1n) is 6.50. The molecule has 0 unspecified atom stereocenters. The van der Waals surface area contributed by atoms with Gasteiger partial charge in [-0.05, 0) is 31.1 Å². The Morgan fingerprint density at radius 1 is 1.38 bits per heavy atom. The Morgan fingerprint density at radius 3 is 2.69 bits per heavy atom. The van der Waals surface area contributed by atoms with E-state index in [1.54, 1.807) is 0 Å². The fourth-order valence-corrected chi connectivity index (χ4v) is 3.27. The van der Waals surface area contributed by atoms with Gasteiger partial charge in [-0.15, -0.1) is 0 Å². The van der Waals surface area contributed by atoms with Crippen LogP contribution < -0.4 is 0 Å². The van der Waals surface area contributed by atoms with E-state index in [2.05, 4.69) is 25.7 Å². The van der Waals surface area contributed by atoms with Crippen LogP contribution in [0.15, 0.2) is 0 Å². The van der Waals surface area contributed by atoms with Gasteiger partial charge >= 0.3 is 0 Å². The summed E-state index contributed by atoms with van der Waals surface area (Å²) in [5.74, 6) is 1.27. The molecule has 2 rings (SSSR count). The number of carbonyl (C=O) groups excluding carboxylic acids is 1. The molecule has 1 amide bonds. The van der Waals surface area contributed by atoms with Gasteiger partial charge < -0.3 is 10.0 Å². The van der Waals surface area contributed by atoms with Gasteiger partial charge in [-0.1, -0.05) is 20.8 Å². The van der Waals surface area contributed by atoms with Gasteiger partial charge in [0.05, 0.1) is 6.10 Å². The lowest BCUT2D eigenvalue weighted by Gasteiger charge is -2.50. The van der Waals surface area contributed by atoms with Crippen molar-refractivity contribution in [3.8, 4) is 0 Å². The number of hydrogen-bond acceptors (Lipinski definition) is 2. The van der Waals surface area contributed by atoms with Crippen LogP contribution >= 0.6 is 0 Å². The Bertz CT molecular complexity index is 269. The summed E-state index contributed by atoms with van der Waals surface area (Å²) in [4.78, 5) is 14.1. The van der Waals surface area contributed by atoms with Crippen molar-refractivity contribution >= 4 is 5.91 Å². The summed E-state index contributed by atoms with van der Waals surface area (Å²) >= 11 is 0. The summed E-state index contributed by atoms with van der Waals surface area (Å²) in [5, 5.41) is 9.93. The molecule has 1 N–H and O–H groups in total. The standard InChI is InChI=1S/C13H23NO2/c1-8(2)11-6-10(15)7-12-9(3)4-5-13(16)14(11)12/h8-12,15H,4-7H2,1-3H3/t9-,10+,11+,12-/m1/s1. The van der Waals surface area contributed by atoms with E-state index in [9.17, 15) is 9.90 Å². The molecule has 2 heterocycles. The first-order chi connectivity index (χ1) is 7.50. The van der Waals surface area contributed by atoms with E-state index >= 15 is 0 Å². The molecule has 3 heteroatoms. The number of rotatable bonds is 1. The van der Waals surface area contributed by atoms with Gasteiger partial charge in [-0.25, -0.2) is 0 Å². The molecule has 2 aliphatic heterocycles. The van der Waals surface area contributed by atoms with Crippen LogP contribution in [0.25, 0.3) is 0 Å². The average Bonchev–Trinajstić information content (AvgIpc) is 2.22. The second-order valence-electron chi connectivity index (χ2n) is 5.82. The van der Waals surface area contributed by atoms with E-state index in [1.807, 2.05) is 0 Å². The molecular formula is C13H23NO2. The quantitative estimate of drug-likeness (QED) is 0.739. The molecule has 3 nitrogen and oxygen atoms in total. The maximum atomic E-state index is 12.0. The van der Waals surface area contributed by atoms with Crippen LogP contribution in [0.4, 0.5) is 0 Å². The van der Waals surface area contributed by atoms with Crippen molar-refractivity contribution in [3.63, 3.8) is 0 Å². The third kappa shape index (κ3) is 1.97. The Morgan fingerprint density at radius 2 is 2.06 bits per heavy atom. The Kier molecular flexibility index (Phi) is 3.24. The lowest BCUT2D eigenvalue weighted by atomic mass is 9.78. The summed E-state index contributed by atoms with van der Waals surface area (Å²) in [5.41, 5.74) is 0. The number of amides is 1. The molecule has 16 heavy (non-hydrogen) atoms. The van der Waals surface area contributed by atoms with Crippen LogP contribution in [0.2, 0.25) is 0 Å². The molecule has 92 valence electrons. The minimum Gasteiger partial charge on any atom is -0.393 e. The van der Waals surface area contributed by atoms with Crippen LogP contribution in [0.3, 0.4) is 0 Å². The normalized spacial score (nSPS) is 40.1. The SMILES string of the molecule is CC(C)[C@@H]1C[C@H](O)C[C@@H]2[C@H](C)CCC(=O)N21. The highest BCUT2D eigenvalue weighted by Gasteiger charge is 2.43. The lowest BCUT2D eigenvalue weighted by Crippen LogP contribution is -2.59. The summed E-state index contributed by atoms with van der Waals surface area (Å²) in [6.45, 7) is 6.50. The van der Waals surface area contributed by atoms with Gasteiger partial charge in [0.15, 0.2) is 0 Å². The number of piperidine rings is 2. The molecule has 0 radical (unpaired) electrons. The second kappa shape index (κ2) is 4.36. The molecular weight excluding hydrogens is 202 g/mol. The van der Waals surface area contributed by atoms with E-state index in [0.717, 1.165) is 19.3 Å². The van der Waals surface area contributed by atoms with Crippen molar-refractivity contribution in [1.29, 1.82) is 0 Å². The van der Waals surface area contributed by atoms with Crippen LogP contribution in [0, 0.1) is 11.8 Å². The number of hydrogen-bond donors (Lipinski definition) is 1. The van der Waals surface area contributed by atoms with Crippen LogP contribution in [-0.2, 0) is 4.79 Å². The number of nitrogens with zero attached hydrogens (tertiary/aromatic N) is 1. The third-order valence-corrected chi connectivity index (χ3v) is 4.27. The lowest BCUT2D eigenvalue weighted by molar-refractivity contribution is -0.150. The fourth-order valence-electron chi connectivity index (χ4n) is 3.27. The highest BCUT2D eigenvalue weighted by atomic mass is 16.3. The summed E-state index contributed by atoms with van der Waals surface area (Å²) in [6.07, 6.45) is 2.99. The van der Waals surface area contributed by atoms with Crippen molar-refractivity contribution in [2.45, 2.75) is 64.6 Å². The summed E-state index contributed by atoms with van der Waals surface area (Å²) in [7, 11) is 0. The minimum absolute atomic E-state index is 0.220. The van der Waals surface area contributed by atoms with E-state index < -0.39 is 0 Å². The van der Waals surface area contributed by atoms with Crippen molar-refractivity contribution in [1.82, 2.24) is 4.90 Å². The molecule has 4 atom stereocenters. The number of fused-ring (bicyclic) bond motifs is 1. The molecule has 2 saturated heterocycles. The predicted molar refractivity (Wildman–Crippen MR) is 62.9 cm³/mol. The van der Waals surface area contributed by atoms with Gasteiger partial charge in [0, 0.05) is 18.5 Å². The Balaban J connectivity index is 2.23. The Labute approximate surface area is 97.8 Å². The van der Waals surface area contributed by atoms with Crippen LogP contribution in [0.1, 0.15) is 46.5 Å². The van der Waals surface area contributed by atoms with Gasteiger partial charge in [-0.2, -0.15) is 0 Å². The van der Waals surface area contributed by atoms with Gasteiger partial charge in [0.1, 0.15) is 0 Å². The molecule has 0 aromatic heterocycles. The largest absolute Gasteiger partial charge is 0.393 e. The monoisotopic (exact) mass is 225 g/mol. The first-order valence-corrected chi connectivity index (χ1v) is 6.50. The molecule has 0 aromatic carbocycles. The molecule has 0 aliphatic carbocycles. The van der Waals surface area contributed by atoms with Crippen molar-refractivity contribution < 1.29 is 9.90 Å². The number of aliphatic hydroxyl groups excluding tert-OH is 1. The molecule has 0 spiro atoms. The zero-order chi connectivity index (χ0) is 11.9. The highest BCUT2D eigenvalue weighted by Crippen LogP contribution is 2.36. The van der Waals surface area contributed by atoms with E-state index in [0.29, 0.717) is 24.2 Å². The fraction of sp³-hybridized carbons (Fsp3) is 0.923. The smallest absolute Gasteiger partial charge is 0.223 e. The molecule has 0 aromatic rings. The minimum atomic E-state index is -0.220. The summed E-state index contributed by atoms with van der Waals surface area (Å²) in [6, 6.07) is 0.515. The van der Waals surface area contributed by atoms with Crippen molar-refractivity contribution in [3.05, 3.63) is 0 Å². The molecule has 0 saturated carbocycles. The van der Waals surface area contributed by atoms with E-state index in [4.69, 9.17) is 0 Å². The van der Waals surface area contributed by atoms with E-state index in [1.165, 1.54) is 0 Å². The van der Waals surface area contributed by atoms with Crippen LogP contribution in [-0.4, -0.2) is 34.1 Å². The van der Waals surface area contributed by atoms with Gasteiger partial charge in [0.2, 0.25) is 5.91 Å². The predicted octanol–water partition coefficient (Wildman–Crippen LogP) is 1.79. The average molecular weight is 225 g/mol. The highest BCUT2D eigenvalue weighted by molar-refractivity contribution is 5.78.